The molecule has 8 heteroatoms. The van der Waals surface area contributed by atoms with Crippen LogP contribution in [0.3, 0.4) is 0 Å². The van der Waals surface area contributed by atoms with Crippen LogP contribution in [0.1, 0.15) is 27.2 Å². The van der Waals surface area contributed by atoms with Crippen molar-refractivity contribution in [1.82, 2.24) is 19.4 Å². The van der Waals surface area contributed by atoms with E-state index in [0.717, 1.165) is 11.1 Å². The van der Waals surface area contributed by atoms with Crippen LogP contribution in [0.15, 0.2) is 84.2 Å². The number of nitrogens with zero attached hydrogens (tertiary/aromatic N) is 3. The van der Waals surface area contributed by atoms with Crippen LogP contribution in [0.2, 0.25) is 0 Å². The van der Waals surface area contributed by atoms with Crippen molar-refractivity contribution in [3.05, 3.63) is 118 Å². The van der Waals surface area contributed by atoms with Gasteiger partial charge in [-0.3, -0.25) is 9.59 Å². The number of benzene rings is 2. The van der Waals surface area contributed by atoms with E-state index in [2.05, 4.69) is 10.3 Å². The average Bonchev–Trinajstić information content (AvgIpc) is 3.29. The summed E-state index contributed by atoms with van der Waals surface area (Å²) in [5.41, 5.74) is 2.59. The number of hydrogen-bond acceptors (Lipinski definition) is 4. The number of aromatic nitrogens is 3. The number of ether oxygens (including phenoxy) is 1. The second kappa shape index (κ2) is 9.95. The number of rotatable bonds is 8. The van der Waals surface area contributed by atoms with Gasteiger partial charge in [0, 0.05) is 37.1 Å². The number of nitrogens with one attached hydrogen (secondary N) is 1. The first kappa shape index (κ1) is 22.0. The van der Waals surface area contributed by atoms with E-state index in [1.807, 2.05) is 30.3 Å². The highest BCUT2D eigenvalue weighted by Gasteiger charge is 2.13. The average molecular weight is 446 g/mol. The lowest BCUT2D eigenvalue weighted by Crippen LogP contribution is -2.23. The fourth-order valence-electron chi connectivity index (χ4n) is 3.43. The molecule has 168 valence electrons. The predicted molar refractivity (Wildman–Crippen MR) is 122 cm³/mol. The zero-order valence-corrected chi connectivity index (χ0v) is 18.1. The van der Waals surface area contributed by atoms with Crippen molar-refractivity contribution in [2.45, 2.75) is 19.6 Å². The molecule has 2 aromatic carbocycles. The lowest BCUT2D eigenvalue weighted by atomic mass is 10.1. The molecule has 0 saturated heterocycles. The van der Waals surface area contributed by atoms with Crippen molar-refractivity contribution < 1.29 is 13.9 Å². The number of carbonyl (C=O) groups excluding carboxylic acids is 1. The summed E-state index contributed by atoms with van der Waals surface area (Å²) < 4.78 is 22.6. The maximum atomic E-state index is 14.2. The number of methoxy groups -OCH3 is 1. The molecular formula is C25H23FN4O3. The van der Waals surface area contributed by atoms with Crippen molar-refractivity contribution >= 4 is 5.91 Å². The Balaban J connectivity index is 1.35. The molecule has 4 rings (SSSR count). The van der Waals surface area contributed by atoms with Crippen LogP contribution in [-0.4, -0.2) is 27.1 Å². The van der Waals surface area contributed by atoms with Gasteiger partial charge in [0.2, 0.25) is 0 Å². The van der Waals surface area contributed by atoms with Gasteiger partial charge in [0.25, 0.3) is 11.5 Å². The Hall–Kier alpha value is -4.20. The summed E-state index contributed by atoms with van der Waals surface area (Å²) in [7, 11) is 1.39. The van der Waals surface area contributed by atoms with Crippen LogP contribution in [0.4, 0.5) is 4.39 Å². The predicted octanol–water partition coefficient (Wildman–Crippen LogP) is 3.22. The van der Waals surface area contributed by atoms with Gasteiger partial charge in [-0.05, 0) is 23.3 Å². The summed E-state index contributed by atoms with van der Waals surface area (Å²) in [6.45, 7) is 1.07. The maximum Gasteiger partial charge on any atom is 0.271 e. The summed E-state index contributed by atoms with van der Waals surface area (Å²) in [5, 5.41) is 2.68. The molecule has 0 spiro atoms. The number of pyridine rings is 1. The monoisotopic (exact) mass is 446 g/mol. The third-order valence-electron chi connectivity index (χ3n) is 5.21. The highest BCUT2D eigenvalue weighted by molar-refractivity contribution is 5.91. The number of carbonyl (C=O) groups is 1. The lowest BCUT2D eigenvalue weighted by molar-refractivity contribution is 0.0946. The minimum Gasteiger partial charge on any atom is -0.494 e. The van der Waals surface area contributed by atoms with E-state index >= 15 is 0 Å². The zero-order valence-electron chi connectivity index (χ0n) is 18.1. The summed E-state index contributed by atoms with van der Waals surface area (Å²) in [6, 6.07) is 17.8. The third-order valence-corrected chi connectivity index (χ3v) is 5.21. The van der Waals surface area contributed by atoms with E-state index in [1.165, 1.54) is 19.2 Å². The largest absolute Gasteiger partial charge is 0.494 e. The highest BCUT2D eigenvalue weighted by Crippen LogP contribution is 2.19. The smallest absolute Gasteiger partial charge is 0.271 e. The number of hydrogen-bond donors (Lipinski definition) is 1. The molecule has 1 amide bonds. The molecule has 0 saturated carbocycles. The maximum absolute atomic E-state index is 14.2. The van der Waals surface area contributed by atoms with E-state index in [-0.39, 0.29) is 29.5 Å². The molecule has 0 fully saturated rings. The van der Waals surface area contributed by atoms with Crippen LogP contribution in [0.25, 0.3) is 0 Å². The molecule has 0 aliphatic rings. The van der Waals surface area contributed by atoms with Crippen molar-refractivity contribution in [2.24, 2.45) is 0 Å². The molecule has 4 aromatic rings. The van der Waals surface area contributed by atoms with Crippen molar-refractivity contribution in [1.29, 1.82) is 0 Å². The normalized spacial score (nSPS) is 10.7. The molecule has 33 heavy (non-hydrogen) atoms. The third kappa shape index (κ3) is 5.35. The number of halogens is 1. The van der Waals surface area contributed by atoms with Gasteiger partial charge in [-0.25, -0.2) is 9.37 Å². The topological polar surface area (TPSA) is 78.1 Å². The van der Waals surface area contributed by atoms with Gasteiger partial charge in [0.05, 0.1) is 20.0 Å². The van der Waals surface area contributed by atoms with Gasteiger partial charge < -0.3 is 19.2 Å². The Kier molecular flexibility index (Phi) is 6.64. The van der Waals surface area contributed by atoms with Gasteiger partial charge in [0.15, 0.2) is 11.6 Å². The molecule has 2 heterocycles. The molecule has 7 nitrogen and oxygen atoms in total. The molecule has 0 bridgehead atoms. The first-order chi connectivity index (χ1) is 16.0. The van der Waals surface area contributed by atoms with E-state index in [9.17, 15) is 14.0 Å². The molecule has 0 unspecified atom stereocenters. The number of imidazole rings is 1. The van der Waals surface area contributed by atoms with E-state index in [4.69, 9.17) is 4.74 Å². The quantitative estimate of drug-likeness (QED) is 0.451. The van der Waals surface area contributed by atoms with Gasteiger partial charge in [-0.15, -0.1) is 0 Å². The Bertz CT molecular complexity index is 1310. The zero-order chi connectivity index (χ0) is 23.2. The second-order valence-electron chi connectivity index (χ2n) is 7.53. The molecular weight excluding hydrogens is 423 g/mol. The van der Waals surface area contributed by atoms with Gasteiger partial charge in [-0.1, -0.05) is 42.5 Å². The van der Waals surface area contributed by atoms with Crippen LogP contribution in [-0.2, 0) is 19.6 Å². The van der Waals surface area contributed by atoms with E-state index in [1.54, 1.807) is 46.1 Å². The van der Waals surface area contributed by atoms with Crippen molar-refractivity contribution in [3.63, 3.8) is 0 Å². The Morgan fingerprint density at radius 1 is 1.03 bits per heavy atom. The molecule has 0 radical (unpaired) electrons. The van der Waals surface area contributed by atoms with E-state index < -0.39 is 5.82 Å². The van der Waals surface area contributed by atoms with Crippen molar-refractivity contribution in [3.8, 4) is 5.75 Å². The lowest BCUT2D eigenvalue weighted by Gasteiger charge is -2.08. The minimum absolute atomic E-state index is 0.0285. The molecule has 0 aliphatic heterocycles. The molecule has 1 N–H and O–H groups in total. The fraction of sp³-hybridized carbons (Fsp3) is 0.160. The standard InChI is InChI=1S/C25H23FN4O3/c1-33-22-6-4-5-20(24(22)26)13-27-25(32)21-16-29(17-28-21)14-18-8-10-19(11-9-18)15-30-12-3-2-7-23(30)31/h2-12,16-17H,13-15H2,1H3,(H,27,32). The summed E-state index contributed by atoms with van der Waals surface area (Å²) in [6.07, 6.45) is 4.99. The second-order valence-corrected chi connectivity index (χ2v) is 7.53. The summed E-state index contributed by atoms with van der Waals surface area (Å²) in [5.74, 6) is -0.751. The minimum atomic E-state index is -0.494. The first-order valence-corrected chi connectivity index (χ1v) is 10.4. The Morgan fingerprint density at radius 3 is 2.52 bits per heavy atom. The summed E-state index contributed by atoms with van der Waals surface area (Å²) in [4.78, 5) is 28.4. The van der Waals surface area contributed by atoms with Gasteiger partial charge >= 0.3 is 0 Å². The van der Waals surface area contributed by atoms with Crippen LogP contribution in [0, 0.1) is 5.82 Å². The molecule has 2 aromatic heterocycles. The Morgan fingerprint density at radius 2 is 1.79 bits per heavy atom. The molecule has 0 atom stereocenters. The van der Waals surface area contributed by atoms with Crippen molar-refractivity contribution in [2.75, 3.05) is 7.11 Å². The SMILES string of the molecule is COc1cccc(CNC(=O)c2cn(Cc3ccc(Cn4ccccc4=O)cc3)cn2)c1F. The van der Waals surface area contributed by atoms with Crippen LogP contribution in [0.5, 0.6) is 5.75 Å². The first-order valence-electron chi connectivity index (χ1n) is 10.4. The van der Waals surface area contributed by atoms with Gasteiger partial charge in [0.1, 0.15) is 5.69 Å². The van der Waals surface area contributed by atoms with Crippen LogP contribution < -0.4 is 15.6 Å². The Labute approximate surface area is 190 Å². The van der Waals surface area contributed by atoms with E-state index in [0.29, 0.717) is 18.7 Å². The number of amides is 1. The molecule has 0 aliphatic carbocycles. The van der Waals surface area contributed by atoms with Gasteiger partial charge in [-0.2, -0.15) is 0 Å². The summed E-state index contributed by atoms with van der Waals surface area (Å²) >= 11 is 0. The van der Waals surface area contributed by atoms with Crippen LogP contribution >= 0.6 is 0 Å². The highest BCUT2D eigenvalue weighted by atomic mass is 19.1. The fourth-order valence-corrected chi connectivity index (χ4v) is 3.43.